The molecule has 0 heterocycles. The van der Waals surface area contributed by atoms with Gasteiger partial charge in [-0.05, 0) is 16.7 Å². The lowest BCUT2D eigenvalue weighted by atomic mass is 9.88. The fourth-order valence-electron chi connectivity index (χ4n) is 2.19. The highest BCUT2D eigenvalue weighted by atomic mass is 16.2. The molecule has 0 fully saturated rings. The van der Waals surface area contributed by atoms with Crippen molar-refractivity contribution >= 4 is 5.57 Å². The number of aliphatic hydroxyl groups is 1. The number of rotatable bonds is 4. The van der Waals surface area contributed by atoms with E-state index in [0.717, 1.165) is 0 Å². The second-order valence-electron chi connectivity index (χ2n) is 4.34. The van der Waals surface area contributed by atoms with E-state index in [2.05, 4.69) is 31.2 Å². The van der Waals surface area contributed by atoms with Gasteiger partial charge in [-0.15, -0.1) is 0 Å². The highest BCUT2D eigenvalue weighted by Gasteiger charge is 2.12. The lowest BCUT2D eigenvalue weighted by Gasteiger charge is -2.17. The SMILES string of the molecule is C[C@H](C(=CCO)c1ccccc1)c1ccccc1. The van der Waals surface area contributed by atoms with E-state index in [-0.39, 0.29) is 12.5 Å². The first-order chi connectivity index (χ1) is 8.83. The van der Waals surface area contributed by atoms with E-state index in [9.17, 15) is 5.11 Å². The Hall–Kier alpha value is -1.86. The predicted octanol–water partition coefficient (Wildman–Crippen LogP) is 3.87. The Morgan fingerprint density at radius 1 is 1.00 bits per heavy atom. The number of aliphatic hydroxyl groups excluding tert-OH is 1. The topological polar surface area (TPSA) is 20.2 Å². The molecule has 0 aromatic heterocycles. The molecule has 0 aliphatic carbocycles. The van der Waals surface area contributed by atoms with Gasteiger partial charge >= 0.3 is 0 Å². The van der Waals surface area contributed by atoms with E-state index in [1.807, 2.05) is 42.5 Å². The molecule has 0 bridgehead atoms. The maximum absolute atomic E-state index is 9.22. The maximum Gasteiger partial charge on any atom is 0.0618 e. The summed E-state index contributed by atoms with van der Waals surface area (Å²) in [5.41, 5.74) is 3.60. The Morgan fingerprint density at radius 3 is 2.11 bits per heavy atom. The summed E-state index contributed by atoms with van der Waals surface area (Å²) in [7, 11) is 0. The summed E-state index contributed by atoms with van der Waals surface area (Å²) in [6.45, 7) is 2.24. The van der Waals surface area contributed by atoms with Crippen LogP contribution in [-0.4, -0.2) is 11.7 Å². The second kappa shape index (κ2) is 6.18. The van der Waals surface area contributed by atoms with Crippen LogP contribution in [0.3, 0.4) is 0 Å². The molecule has 18 heavy (non-hydrogen) atoms. The highest BCUT2D eigenvalue weighted by Crippen LogP contribution is 2.31. The van der Waals surface area contributed by atoms with Crippen LogP contribution in [0.1, 0.15) is 24.0 Å². The zero-order valence-electron chi connectivity index (χ0n) is 10.6. The van der Waals surface area contributed by atoms with Crippen molar-refractivity contribution in [3.8, 4) is 0 Å². The Bertz CT molecular complexity index is 500. The van der Waals surface area contributed by atoms with Crippen molar-refractivity contribution in [2.75, 3.05) is 6.61 Å². The summed E-state index contributed by atoms with van der Waals surface area (Å²) in [5, 5.41) is 9.22. The predicted molar refractivity (Wildman–Crippen MR) is 76.4 cm³/mol. The Labute approximate surface area is 108 Å². The van der Waals surface area contributed by atoms with Gasteiger partial charge in [0.25, 0.3) is 0 Å². The third-order valence-corrected chi connectivity index (χ3v) is 3.18. The van der Waals surface area contributed by atoms with Gasteiger partial charge < -0.3 is 5.11 Å². The van der Waals surface area contributed by atoms with Gasteiger partial charge in [0.05, 0.1) is 6.61 Å². The summed E-state index contributed by atoms with van der Waals surface area (Å²) in [6, 6.07) is 20.6. The fraction of sp³-hybridized carbons (Fsp3) is 0.176. The van der Waals surface area contributed by atoms with E-state index in [1.54, 1.807) is 0 Å². The minimum absolute atomic E-state index is 0.0708. The average molecular weight is 238 g/mol. The van der Waals surface area contributed by atoms with Crippen molar-refractivity contribution in [1.29, 1.82) is 0 Å². The minimum atomic E-state index is 0.0708. The van der Waals surface area contributed by atoms with Crippen LogP contribution in [0.25, 0.3) is 5.57 Å². The third kappa shape index (κ3) is 2.88. The molecule has 1 atom stereocenters. The van der Waals surface area contributed by atoms with Gasteiger partial charge in [0.15, 0.2) is 0 Å². The van der Waals surface area contributed by atoms with Crippen LogP contribution in [0.5, 0.6) is 0 Å². The van der Waals surface area contributed by atoms with Crippen molar-refractivity contribution < 1.29 is 5.11 Å². The third-order valence-electron chi connectivity index (χ3n) is 3.18. The molecular weight excluding hydrogens is 220 g/mol. The maximum atomic E-state index is 9.22. The van der Waals surface area contributed by atoms with Crippen molar-refractivity contribution in [3.63, 3.8) is 0 Å². The number of benzene rings is 2. The Morgan fingerprint density at radius 2 is 1.56 bits per heavy atom. The molecule has 92 valence electrons. The average Bonchev–Trinajstić information content (AvgIpc) is 2.46. The molecule has 0 saturated heterocycles. The van der Waals surface area contributed by atoms with E-state index in [4.69, 9.17) is 0 Å². The van der Waals surface area contributed by atoms with Gasteiger partial charge in [-0.25, -0.2) is 0 Å². The van der Waals surface area contributed by atoms with Crippen molar-refractivity contribution in [2.45, 2.75) is 12.8 Å². The van der Waals surface area contributed by atoms with Crippen LogP contribution in [0, 0.1) is 0 Å². The van der Waals surface area contributed by atoms with Gasteiger partial charge in [0.1, 0.15) is 0 Å². The van der Waals surface area contributed by atoms with Crippen molar-refractivity contribution in [1.82, 2.24) is 0 Å². The quantitative estimate of drug-likeness (QED) is 0.857. The molecule has 0 saturated carbocycles. The summed E-state index contributed by atoms with van der Waals surface area (Å²) in [5.74, 6) is 0.278. The smallest absolute Gasteiger partial charge is 0.0618 e. The molecule has 0 aliphatic heterocycles. The minimum Gasteiger partial charge on any atom is -0.392 e. The molecular formula is C17H18O. The van der Waals surface area contributed by atoms with Gasteiger partial charge in [-0.1, -0.05) is 73.7 Å². The first-order valence-electron chi connectivity index (χ1n) is 6.24. The molecule has 0 radical (unpaired) electrons. The van der Waals surface area contributed by atoms with E-state index < -0.39 is 0 Å². The lowest BCUT2D eigenvalue weighted by molar-refractivity contribution is 0.343. The monoisotopic (exact) mass is 238 g/mol. The van der Waals surface area contributed by atoms with Crippen LogP contribution < -0.4 is 0 Å². The summed E-state index contributed by atoms with van der Waals surface area (Å²) in [4.78, 5) is 0. The van der Waals surface area contributed by atoms with Gasteiger partial charge in [0.2, 0.25) is 0 Å². The van der Waals surface area contributed by atoms with Crippen LogP contribution in [0.4, 0.5) is 0 Å². The molecule has 0 unspecified atom stereocenters. The second-order valence-corrected chi connectivity index (χ2v) is 4.34. The van der Waals surface area contributed by atoms with Crippen molar-refractivity contribution in [2.24, 2.45) is 0 Å². The molecule has 0 spiro atoms. The molecule has 2 rings (SSSR count). The standard InChI is InChI=1S/C17H18O/c1-14(15-8-4-2-5-9-15)17(12-13-18)16-10-6-3-7-11-16/h2-12,14,18H,13H2,1H3/t14-/m0/s1. The van der Waals surface area contributed by atoms with Crippen LogP contribution in [0.2, 0.25) is 0 Å². The van der Waals surface area contributed by atoms with E-state index in [1.165, 1.54) is 16.7 Å². The first kappa shape index (κ1) is 12.6. The molecule has 0 amide bonds. The van der Waals surface area contributed by atoms with Crippen LogP contribution in [-0.2, 0) is 0 Å². The summed E-state index contributed by atoms with van der Waals surface area (Å²) >= 11 is 0. The fourth-order valence-corrected chi connectivity index (χ4v) is 2.19. The summed E-state index contributed by atoms with van der Waals surface area (Å²) < 4.78 is 0. The van der Waals surface area contributed by atoms with Gasteiger partial charge in [-0.3, -0.25) is 0 Å². The molecule has 1 nitrogen and oxygen atoms in total. The van der Waals surface area contributed by atoms with Crippen LogP contribution in [0.15, 0.2) is 66.7 Å². The van der Waals surface area contributed by atoms with Crippen LogP contribution >= 0.6 is 0 Å². The zero-order valence-corrected chi connectivity index (χ0v) is 10.6. The molecule has 1 heteroatoms. The van der Waals surface area contributed by atoms with Gasteiger partial charge in [-0.2, -0.15) is 0 Å². The number of hydrogen-bond donors (Lipinski definition) is 1. The normalized spacial score (nSPS) is 13.3. The molecule has 2 aromatic carbocycles. The summed E-state index contributed by atoms with van der Waals surface area (Å²) in [6.07, 6.45) is 1.90. The number of hydrogen-bond acceptors (Lipinski definition) is 1. The molecule has 0 aliphatic rings. The lowest BCUT2D eigenvalue weighted by Crippen LogP contribution is -1.99. The van der Waals surface area contributed by atoms with E-state index >= 15 is 0 Å². The molecule has 2 aromatic rings. The first-order valence-corrected chi connectivity index (χ1v) is 6.24. The largest absolute Gasteiger partial charge is 0.392 e. The Balaban J connectivity index is 2.35. The number of allylic oxidation sites excluding steroid dienone is 1. The molecule has 1 N–H and O–H groups in total. The van der Waals surface area contributed by atoms with Gasteiger partial charge in [0, 0.05) is 5.92 Å². The van der Waals surface area contributed by atoms with Crippen molar-refractivity contribution in [3.05, 3.63) is 77.9 Å². The Kier molecular flexibility index (Phi) is 4.32. The highest BCUT2D eigenvalue weighted by molar-refractivity contribution is 5.71. The zero-order chi connectivity index (χ0) is 12.8. The van der Waals surface area contributed by atoms with E-state index in [0.29, 0.717) is 0 Å².